The molecule has 2 aromatic heterocycles. The standard InChI is InChI=1S/C25H20ClN5O4/c1-13-15-8-9-20(17(15)7-6-16(13)25(34)35)29-23(32)14-10-27-22-18(11-28-31(22)12-14)24(33)30-21-5-3-2-4-19(21)26/h2-7,10-12,20H,8-9H2,1H3,(H,29,32)(H,30,33)(H,34,35). The van der Waals surface area contributed by atoms with Crippen molar-refractivity contribution >= 4 is 40.7 Å². The van der Waals surface area contributed by atoms with Crippen molar-refractivity contribution in [1.82, 2.24) is 19.9 Å². The summed E-state index contributed by atoms with van der Waals surface area (Å²) in [6, 6.07) is 9.99. The summed E-state index contributed by atoms with van der Waals surface area (Å²) in [5, 5.41) is 19.7. The average Bonchev–Trinajstić information content (AvgIpc) is 3.45. The van der Waals surface area contributed by atoms with Crippen LogP contribution >= 0.6 is 11.6 Å². The van der Waals surface area contributed by atoms with Crippen molar-refractivity contribution < 1.29 is 19.5 Å². The lowest BCUT2D eigenvalue weighted by Crippen LogP contribution is -2.27. The van der Waals surface area contributed by atoms with Crippen LogP contribution < -0.4 is 10.6 Å². The molecule has 9 nitrogen and oxygen atoms in total. The number of carboxylic acids is 1. The summed E-state index contributed by atoms with van der Waals surface area (Å²) in [7, 11) is 0. The minimum atomic E-state index is -0.962. The van der Waals surface area contributed by atoms with Gasteiger partial charge in [-0.1, -0.05) is 29.8 Å². The van der Waals surface area contributed by atoms with Crippen molar-refractivity contribution in [3.63, 3.8) is 0 Å². The van der Waals surface area contributed by atoms with Gasteiger partial charge < -0.3 is 15.7 Å². The predicted molar refractivity (Wildman–Crippen MR) is 129 cm³/mol. The van der Waals surface area contributed by atoms with Gasteiger partial charge in [-0.15, -0.1) is 0 Å². The number of carbonyl (C=O) groups is 3. The molecular formula is C25H20ClN5O4. The highest BCUT2D eigenvalue weighted by molar-refractivity contribution is 6.34. The average molecular weight is 490 g/mol. The lowest BCUT2D eigenvalue weighted by molar-refractivity contribution is 0.0695. The third kappa shape index (κ3) is 4.10. The molecule has 1 atom stereocenters. The van der Waals surface area contributed by atoms with Gasteiger partial charge in [-0.3, -0.25) is 9.59 Å². The second kappa shape index (κ2) is 8.84. The second-order valence-electron chi connectivity index (χ2n) is 8.28. The van der Waals surface area contributed by atoms with Gasteiger partial charge in [0.2, 0.25) is 0 Å². The van der Waals surface area contributed by atoms with Gasteiger partial charge >= 0.3 is 5.97 Å². The Morgan fingerprint density at radius 1 is 1.09 bits per heavy atom. The molecule has 0 aliphatic heterocycles. The molecule has 2 amide bonds. The fourth-order valence-electron chi connectivity index (χ4n) is 4.41. The van der Waals surface area contributed by atoms with Gasteiger partial charge in [-0.25, -0.2) is 14.3 Å². The number of rotatable bonds is 5. The molecule has 0 saturated carbocycles. The molecule has 5 rings (SSSR count). The van der Waals surface area contributed by atoms with E-state index in [9.17, 15) is 19.5 Å². The zero-order valence-electron chi connectivity index (χ0n) is 18.6. The molecule has 1 aliphatic rings. The fraction of sp³-hybridized carbons (Fsp3) is 0.160. The topological polar surface area (TPSA) is 126 Å². The summed E-state index contributed by atoms with van der Waals surface area (Å²) in [5.74, 6) is -1.72. The summed E-state index contributed by atoms with van der Waals surface area (Å²) < 4.78 is 1.38. The first-order valence-electron chi connectivity index (χ1n) is 10.9. The van der Waals surface area contributed by atoms with Crippen LogP contribution in [0.4, 0.5) is 5.69 Å². The molecule has 0 saturated heterocycles. The zero-order chi connectivity index (χ0) is 24.7. The van der Waals surface area contributed by atoms with Gasteiger partial charge in [0.1, 0.15) is 5.56 Å². The largest absolute Gasteiger partial charge is 0.478 e. The molecule has 1 aliphatic carbocycles. The van der Waals surface area contributed by atoms with Gasteiger partial charge in [0, 0.05) is 12.4 Å². The number of halogens is 1. The van der Waals surface area contributed by atoms with E-state index in [0.717, 1.165) is 16.7 Å². The highest BCUT2D eigenvalue weighted by atomic mass is 35.5. The number of hydrogen-bond acceptors (Lipinski definition) is 5. The maximum atomic E-state index is 13.0. The lowest BCUT2D eigenvalue weighted by atomic mass is 9.98. The number of nitrogens with zero attached hydrogens (tertiary/aromatic N) is 3. The van der Waals surface area contributed by atoms with Crippen molar-refractivity contribution in [2.45, 2.75) is 25.8 Å². The number of fused-ring (bicyclic) bond motifs is 2. The van der Waals surface area contributed by atoms with Crippen LogP contribution in [0.25, 0.3) is 5.65 Å². The second-order valence-corrected chi connectivity index (χ2v) is 8.69. The minimum Gasteiger partial charge on any atom is -0.478 e. The Kier molecular flexibility index (Phi) is 5.70. The van der Waals surface area contributed by atoms with E-state index in [1.807, 2.05) is 0 Å². The SMILES string of the molecule is Cc1c(C(=O)O)ccc2c1CCC2NC(=O)c1cnc2c(C(=O)Nc3ccccc3Cl)cnn2c1. The predicted octanol–water partition coefficient (Wildman–Crippen LogP) is 4.06. The Morgan fingerprint density at radius 3 is 2.66 bits per heavy atom. The van der Waals surface area contributed by atoms with E-state index in [-0.39, 0.29) is 28.6 Å². The van der Waals surface area contributed by atoms with Crippen LogP contribution in [-0.4, -0.2) is 37.5 Å². The Bertz CT molecular complexity index is 1510. The van der Waals surface area contributed by atoms with Crippen LogP contribution in [0.5, 0.6) is 0 Å². The van der Waals surface area contributed by atoms with Crippen LogP contribution in [-0.2, 0) is 6.42 Å². The summed E-state index contributed by atoms with van der Waals surface area (Å²) in [6.45, 7) is 1.79. The maximum Gasteiger partial charge on any atom is 0.335 e. The van der Waals surface area contributed by atoms with E-state index in [4.69, 9.17) is 11.6 Å². The van der Waals surface area contributed by atoms with Crippen molar-refractivity contribution in [1.29, 1.82) is 0 Å². The highest BCUT2D eigenvalue weighted by Crippen LogP contribution is 2.35. The minimum absolute atomic E-state index is 0.232. The Hall–Kier alpha value is -4.24. The molecule has 0 bridgehead atoms. The first kappa shape index (κ1) is 22.5. The zero-order valence-corrected chi connectivity index (χ0v) is 19.3. The number of carbonyl (C=O) groups excluding carboxylic acids is 2. The summed E-state index contributed by atoms with van der Waals surface area (Å²) in [4.78, 5) is 41.4. The van der Waals surface area contributed by atoms with Gasteiger partial charge in [-0.2, -0.15) is 5.10 Å². The third-order valence-corrected chi connectivity index (χ3v) is 6.54. The number of carboxylic acid groups (broad SMARTS) is 1. The molecule has 0 spiro atoms. The molecule has 1 unspecified atom stereocenters. The molecule has 4 aromatic rings. The monoisotopic (exact) mass is 489 g/mol. The number of aromatic carboxylic acids is 1. The fourth-order valence-corrected chi connectivity index (χ4v) is 4.59. The molecule has 2 aromatic carbocycles. The van der Waals surface area contributed by atoms with E-state index in [1.54, 1.807) is 43.3 Å². The lowest BCUT2D eigenvalue weighted by Gasteiger charge is -2.15. The number of benzene rings is 2. The number of amides is 2. The molecular weight excluding hydrogens is 470 g/mol. The Morgan fingerprint density at radius 2 is 1.89 bits per heavy atom. The Labute approximate surface area is 204 Å². The summed E-state index contributed by atoms with van der Waals surface area (Å²) in [5.41, 5.74) is 4.19. The summed E-state index contributed by atoms with van der Waals surface area (Å²) in [6.07, 6.45) is 5.65. The van der Waals surface area contributed by atoms with E-state index in [0.29, 0.717) is 29.2 Å². The smallest absolute Gasteiger partial charge is 0.335 e. The molecule has 0 fully saturated rings. The number of hydrogen-bond donors (Lipinski definition) is 3. The number of nitrogens with one attached hydrogen (secondary N) is 2. The molecule has 176 valence electrons. The van der Waals surface area contributed by atoms with Crippen LogP contribution in [0.1, 0.15) is 60.2 Å². The maximum absolute atomic E-state index is 13.0. The van der Waals surface area contributed by atoms with Crippen LogP contribution in [0.15, 0.2) is 55.0 Å². The van der Waals surface area contributed by atoms with E-state index in [1.165, 1.54) is 23.1 Å². The van der Waals surface area contributed by atoms with Crippen molar-refractivity contribution in [3.05, 3.63) is 93.4 Å². The van der Waals surface area contributed by atoms with Gasteiger partial charge in [0.15, 0.2) is 5.65 Å². The first-order chi connectivity index (χ1) is 16.8. The van der Waals surface area contributed by atoms with Crippen molar-refractivity contribution in [2.75, 3.05) is 5.32 Å². The third-order valence-electron chi connectivity index (χ3n) is 6.21. The summed E-state index contributed by atoms with van der Waals surface area (Å²) >= 11 is 6.11. The van der Waals surface area contributed by atoms with Gasteiger partial charge in [0.05, 0.1) is 34.1 Å². The quantitative estimate of drug-likeness (QED) is 0.388. The van der Waals surface area contributed by atoms with E-state index in [2.05, 4.69) is 20.7 Å². The number of aromatic nitrogens is 3. The molecule has 35 heavy (non-hydrogen) atoms. The molecule has 3 N–H and O–H groups in total. The van der Waals surface area contributed by atoms with E-state index < -0.39 is 11.9 Å². The molecule has 0 radical (unpaired) electrons. The van der Waals surface area contributed by atoms with Crippen LogP contribution in [0.2, 0.25) is 5.02 Å². The van der Waals surface area contributed by atoms with E-state index >= 15 is 0 Å². The normalized spacial score (nSPS) is 14.5. The molecule has 10 heteroatoms. The first-order valence-corrected chi connectivity index (χ1v) is 11.3. The van der Waals surface area contributed by atoms with Gasteiger partial charge in [-0.05, 0) is 54.7 Å². The van der Waals surface area contributed by atoms with Crippen LogP contribution in [0.3, 0.4) is 0 Å². The van der Waals surface area contributed by atoms with Crippen molar-refractivity contribution in [3.8, 4) is 0 Å². The number of anilines is 1. The highest BCUT2D eigenvalue weighted by Gasteiger charge is 2.28. The van der Waals surface area contributed by atoms with Gasteiger partial charge in [0.25, 0.3) is 11.8 Å². The Balaban J connectivity index is 1.34. The molecule has 2 heterocycles. The number of para-hydroxylation sites is 1. The van der Waals surface area contributed by atoms with Crippen LogP contribution in [0, 0.1) is 6.92 Å². The van der Waals surface area contributed by atoms with Crippen molar-refractivity contribution in [2.24, 2.45) is 0 Å².